The Bertz CT molecular complexity index is 156. The summed E-state index contributed by atoms with van der Waals surface area (Å²) in [7, 11) is 0. The largest absolute Gasteiger partial charge is 0.303 e. The summed E-state index contributed by atoms with van der Waals surface area (Å²) in [5.41, 5.74) is 1.51. The van der Waals surface area contributed by atoms with Crippen LogP contribution in [-0.4, -0.2) is 17.4 Å². The predicted molar refractivity (Wildman–Crippen MR) is 43.6 cm³/mol. The third-order valence-corrected chi connectivity index (χ3v) is 1.54. The van der Waals surface area contributed by atoms with Crippen molar-refractivity contribution in [2.45, 2.75) is 26.7 Å². The molecule has 0 unspecified atom stereocenters. The normalized spacial score (nSPS) is 12.7. The molecule has 70 valence electrons. The molecule has 0 aromatic heterocycles. The van der Waals surface area contributed by atoms with E-state index in [1.165, 1.54) is 5.48 Å². The molecule has 2 N–H and O–H groups in total. The van der Waals surface area contributed by atoms with Crippen molar-refractivity contribution < 1.29 is 14.8 Å². The van der Waals surface area contributed by atoms with Gasteiger partial charge in [0, 0.05) is 12.3 Å². The lowest BCUT2D eigenvalue weighted by Gasteiger charge is -2.10. The first-order chi connectivity index (χ1) is 5.60. The summed E-state index contributed by atoms with van der Waals surface area (Å²) in [4.78, 5) is 21.1. The first kappa shape index (κ1) is 11.1. The number of aldehydes is 1. The van der Waals surface area contributed by atoms with Gasteiger partial charge in [0.15, 0.2) is 0 Å². The standard InChI is InChI=1S/C8H15NO3/c1-6(2)3-7(5-10)4-8(11)9-12/h5-7,12H,3-4H2,1-2H3,(H,9,11)/t7-/m1/s1. The average Bonchev–Trinajstić information content (AvgIpc) is 2.02. The Morgan fingerprint density at radius 1 is 1.58 bits per heavy atom. The van der Waals surface area contributed by atoms with Crippen LogP contribution in [0.25, 0.3) is 0 Å². The van der Waals surface area contributed by atoms with Crippen molar-refractivity contribution in [1.82, 2.24) is 5.48 Å². The quantitative estimate of drug-likeness (QED) is 0.366. The highest BCUT2D eigenvalue weighted by atomic mass is 16.5. The van der Waals surface area contributed by atoms with E-state index in [4.69, 9.17) is 5.21 Å². The van der Waals surface area contributed by atoms with Crippen LogP contribution in [0.2, 0.25) is 0 Å². The summed E-state index contributed by atoms with van der Waals surface area (Å²) in [5.74, 6) is -0.406. The number of hydroxylamine groups is 1. The molecule has 0 radical (unpaired) electrons. The van der Waals surface area contributed by atoms with E-state index in [9.17, 15) is 9.59 Å². The summed E-state index contributed by atoms with van der Waals surface area (Å²) in [5, 5.41) is 8.20. The van der Waals surface area contributed by atoms with Crippen LogP contribution in [0, 0.1) is 11.8 Å². The molecule has 1 amide bonds. The van der Waals surface area contributed by atoms with Gasteiger partial charge in [0.05, 0.1) is 0 Å². The maximum absolute atomic E-state index is 10.6. The zero-order valence-corrected chi connectivity index (χ0v) is 7.41. The zero-order chi connectivity index (χ0) is 9.56. The maximum Gasteiger partial charge on any atom is 0.244 e. The van der Waals surface area contributed by atoms with E-state index in [0.29, 0.717) is 12.3 Å². The number of hydrogen-bond acceptors (Lipinski definition) is 3. The molecule has 0 aliphatic rings. The molecule has 0 bridgehead atoms. The summed E-state index contributed by atoms with van der Waals surface area (Å²) < 4.78 is 0. The van der Waals surface area contributed by atoms with Crippen molar-refractivity contribution in [2.24, 2.45) is 11.8 Å². The molecule has 12 heavy (non-hydrogen) atoms. The van der Waals surface area contributed by atoms with Crippen LogP contribution in [0.3, 0.4) is 0 Å². The number of rotatable bonds is 5. The van der Waals surface area contributed by atoms with Crippen LogP contribution in [-0.2, 0) is 9.59 Å². The van der Waals surface area contributed by atoms with E-state index in [-0.39, 0.29) is 12.3 Å². The minimum atomic E-state index is -0.507. The summed E-state index contributed by atoms with van der Waals surface area (Å²) in [6, 6.07) is 0. The highest BCUT2D eigenvalue weighted by Crippen LogP contribution is 2.12. The molecule has 0 spiro atoms. The third-order valence-electron chi connectivity index (χ3n) is 1.54. The topological polar surface area (TPSA) is 66.4 Å². The fourth-order valence-corrected chi connectivity index (χ4v) is 1.08. The van der Waals surface area contributed by atoms with Gasteiger partial charge in [-0.15, -0.1) is 0 Å². The van der Waals surface area contributed by atoms with Crippen molar-refractivity contribution in [2.75, 3.05) is 0 Å². The van der Waals surface area contributed by atoms with Crippen molar-refractivity contribution >= 4 is 12.2 Å². The molecular formula is C8H15NO3. The molecule has 4 heteroatoms. The lowest BCUT2D eigenvalue weighted by Crippen LogP contribution is -2.23. The van der Waals surface area contributed by atoms with Gasteiger partial charge in [0.25, 0.3) is 0 Å². The molecule has 1 atom stereocenters. The van der Waals surface area contributed by atoms with E-state index in [1.54, 1.807) is 0 Å². The lowest BCUT2D eigenvalue weighted by atomic mass is 9.95. The van der Waals surface area contributed by atoms with Gasteiger partial charge in [0.1, 0.15) is 6.29 Å². The fraction of sp³-hybridized carbons (Fsp3) is 0.750. The maximum atomic E-state index is 10.6. The van der Waals surface area contributed by atoms with Crippen LogP contribution in [0.15, 0.2) is 0 Å². The van der Waals surface area contributed by atoms with Crippen LogP contribution in [0.4, 0.5) is 0 Å². The Morgan fingerprint density at radius 2 is 2.17 bits per heavy atom. The van der Waals surface area contributed by atoms with E-state index in [0.717, 1.165) is 6.29 Å². The molecule has 0 saturated heterocycles. The van der Waals surface area contributed by atoms with Gasteiger partial charge < -0.3 is 4.79 Å². The smallest absolute Gasteiger partial charge is 0.244 e. The van der Waals surface area contributed by atoms with Gasteiger partial charge in [-0.05, 0) is 12.3 Å². The van der Waals surface area contributed by atoms with Crippen LogP contribution >= 0.6 is 0 Å². The first-order valence-corrected chi connectivity index (χ1v) is 3.98. The van der Waals surface area contributed by atoms with Crippen molar-refractivity contribution in [1.29, 1.82) is 0 Å². The number of hydrogen-bond donors (Lipinski definition) is 2. The van der Waals surface area contributed by atoms with Gasteiger partial charge in [0.2, 0.25) is 5.91 Å². The van der Waals surface area contributed by atoms with E-state index >= 15 is 0 Å². The molecule has 0 rings (SSSR count). The molecular weight excluding hydrogens is 158 g/mol. The van der Waals surface area contributed by atoms with E-state index in [2.05, 4.69) is 0 Å². The summed E-state index contributed by atoms with van der Waals surface area (Å²) in [6.07, 6.45) is 1.50. The Morgan fingerprint density at radius 3 is 2.50 bits per heavy atom. The molecule has 0 aliphatic heterocycles. The SMILES string of the molecule is CC(C)C[C@@H](C=O)CC(=O)NO. The second-order valence-corrected chi connectivity index (χ2v) is 3.26. The van der Waals surface area contributed by atoms with Gasteiger partial charge in [-0.1, -0.05) is 13.8 Å². The van der Waals surface area contributed by atoms with Gasteiger partial charge >= 0.3 is 0 Å². The minimum absolute atomic E-state index is 0.0676. The van der Waals surface area contributed by atoms with E-state index in [1.807, 2.05) is 13.8 Å². The molecule has 0 aromatic rings. The molecule has 0 aromatic carbocycles. The first-order valence-electron chi connectivity index (χ1n) is 3.98. The van der Waals surface area contributed by atoms with E-state index < -0.39 is 5.91 Å². The third kappa shape index (κ3) is 4.85. The highest BCUT2D eigenvalue weighted by molar-refractivity contribution is 5.77. The minimum Gasteiger partial charge on any atom is -0.303 e. The van der Waals surface area contributed by atoms with Gasteiger partial charge in [-0.2, -0.15) is 0 Å². The lowest BCUT2D eigenvalue weighted by molar-refractivity contribution is -0.131. The summed E-state index contributed by atoms with van der Waals surface area (Å²) in [6.45, 7) is 3.96. The Labute approximate surface area is 71.9 Å². The number of carbonyl (C=O) groups is 2. The van der Waals surface area contributed by atoms with Crippen LogP contribution in [0.1, 0.15) is 26.7 Å². The predicted octanol–water partition coefficient (Wildman–Crippen LogP) is 0.743. The monoisotopic (exact) mass is 173 g/mol. The molecule has 0 fully saturated rings. The molecule has 0 saturated carbocycles. The Kier molecular flexibility index (Phi) is 5.28. The molecule has 0 heterocycles. The van der Waals surface area contributed by atoms with Gasteiger partial charge in [-0.25, -0.2) is 5.48 Å². The number of carbonyl (C=O) groups excluding carboxylic acids is 2. The van der Waals surface area contributed by atoms with Crippen molar-refractivity contribution in [3.63, 3.8) is 0 Å². The van der Waals surface area contributed by atoms with Crippen LogP contribution < -0.4 is 5.48 Å². The highest BCUT2D eigenvalue weighted by Gasteiger charge is 2.13. The molecule has 4 nitrogen and oxygen atoms in total. The summed E-state index contributed by atoms with van der Waals surface area (Å²) >= 11 is 0. The van der Waals surface area contributed by atoms with Crippen molar-refractivity contribution in [3.05, 3.63) is 0 Å². The number of nitrogens with one attached hydrogen (secondary N) is 1. The second-order valence-electron chi connectivity index (χ2n) is 3.26. The fourth-order valence-electron chi connectivity index (χ4n) is 1.08. The van der Waals surface area contributed by atoms with Crippen LogP contribution in [0.5, 0.6) is 0 Å². The average molecular weight is 173 g/mol. The van der Waals surface area contributed by atoms with Crippen molar-refractivity contribution in [3.8, 4) is 0 Å². The van der Waals surface area contributed by atoms with Gasteiger partial charge in [-0.3, -0.25) is 10.0 Å². The number of amides is 1. The zero-order valence-electron chi connectivity index (χ0n) is 7.41. The second kappa shape index (κ2) is 5.71. The Balaban J connectivity index is 3.82. The Hall–Kier alpha value is -0.900. The molecule has 0 aliphatic carbocycles.